The molecule has 0 saturated heterocycles. The summed E-state index contributed by atoms with van der Waals surface area (Å²) in [6.07, 6.45) is 0. The van der Waals surface area contributed by atoms with Crippen LogP contribution in [0.2, 0.25) is 0 Å². The largest absolute Gasteiger partial charge is 0.496 e. The number of methoxy groups -OCH3 is 1. The van der Waals surface area contributed by atoms with Crippen molar-refractivity contribution in [3.8, 4) is 17.0 Å². The van der Waals surface area contributed by atoms with Crippen LogP contribution in [0.25, 0.3) is 17.0 Å². The maximum atomic E-state index is 12.1. The molecule has 0 spiro atoms. The van der Waals surface area contributed by atoms with Crippen LogP contribution in [0.5, 0.6) is 5.75 Å². The van der Waals surface area contributed by atoms with Crippen LogP contribution in [0, 0.1) is 6.92 Å². The first-order valence-corrected chi connectivity index (χ1v) is 5.99. The molecule has 20 heavy (non-hydrogen) atoms. The average Bonchev–Trinajstić information content (AvgIpc) is 2.80. The van der Waals surface area contributed by atoms with Crippen molar-refractivity contribution in [1.82, 2.24) is 19.6 Å². The molecule has 2 heterocycles. The molecule has 0 aliphatic rings. The van der Waals surface area contributed by atoms with Gasteiger partial charge in [0, 0.05) is 11.6 Å². The molecule has 0 saturated carbocycles. The molecule has 0 aliphatic heterocycles. The van der Waals surface area contributed by atoms with Crippen LogP contribution >= 0.6 is 0 Å². The number of nitrogens with one attached hydrogen (secondary N) is 1. The van der Waals surface area contributed by atoms with E-state index in [9.17, 15) is 4.79 Å². The van der Waals surface area contributed by atoms with Crippen molar-refractivity contribution in [2.24, 2.45) is 0 Å². The lowest BCUT2D eigenvalue weighted by Gasteiger charge is -2.08. The number of hydrogen-bond acceptors (Lipinski definition) is 5. The topological polar surface area (TPSA) is 98.3 Å². The molecular weight excluding hydrogens is 258 g/mol. The molecule has 1 aromatic carbocycles. The number of rotatable bonds is 2. The summed E-state index contributed by atoms with van der Waals surface area (Å²) >= 11 is 0. The molecule has 3 aromatic rings. The van der Waals surface area contributed by atoms with E-state index in [2.05, 4.69) is 15.2 Å². The predicted octanol–water partition coefficient (Wildman–Crippen LogP) is 0.984. The maximum absolute atomic E-state index is 12.1. The summed E-state index contributed by atoms with van der Waals surface area (Å²) in [6.45, 7) is 1.96. The van der Waals surface area contributed by atoms with E-state index < -0.39 is 0 Å². The molecule has 3 N–H and O–H groups in total. The number of nitrogens with two attached hydrogens (primary N) is 1. The molecule has 102 valence electrons. The van der Waals surface area contributed by atoms with E-state index in [4.69, 9.17) is 10.5 Å². The second-order valence-corrected chi connectivity index (χ2v) is 4.42. The first kappa shape index (κ1) is 12.2. The number of aromatic amines is 1. The van der Waals surface area contributed by atoms with E-state index in [1.165, 1.54) is 10.5 Å². The van der Waals surface area contributed by atoms with Crippen molar-refractivity contribution in [2.45, 2.75) is 6.92 Å². The van der Waals surface area contributed by atoms with Gasteiger partial charge >= 0.3 is 0 Å². The Morgan fingerprint density at radius 2 is 2.15 bits per heavy atom. The molecule has 0 atom stereocenters. The summed E-state index contributed by atoms with van der Waals surface area (Å²) in [6, 6.07) is 7.10. The van der Waals surface area contributed by atoms with E-state index in [1.807, 2.05) is 25.1 Å². The third-order valence-corrected chi connectivity index (χ3v) is 3.05. The van der Waals surface area contributed by atoms with E-state index in [1.54, 1.807) is 7.11 Å². The van der Waals surface area contributed by atoms with Gasteiger partial charge in [-0.2, -0.15) is 0 Å². The van der Waals surface area contributed by atoms with Gasteiger partial charge in [0.2, 0.25) is 11.7 Å². The van der Waals surface area contributed by atoms with Crippen LogP contribution in [0.1, 0.15) is 5.56 Å². The summed E-state index contributed by atoms with van der Waals surface area (Å²) in [5.41, 5.74) is 7.62. The fourth-order valence-electron chi connectivity index (χ4n) is 2.10. The monoisotopic (exact) mass is 271 g/mol. The third kappa shape index (κ3) is 1.80. The van der Waals surface area contributed by atoms with Gasteiger partial charge in [0.25, 0.3) is 5.56 Å². The Labute approximate surface area is 114 Å². The Morgan fingerprint density at radius 1 is 1.35 bits per heavy atom. The molecule has 7 nitrogen and oxygen atoms in total. The van der Waals surface area contributed by atoms with Gasteiger partial charge in [0.15, 0.2) is 0 Å². The molecular formula is C13H13N5O2. The van der Waals surface area contributed by atoms with Crippen molar-refractivity contribution < 1.29 is 4.74 Å². The van der Waals surface area contributed by atoms with Crippen LogP contribution in [0.4, 0.5) is 5.95 Å². The zero-order chi connectivity index (χ0) is 14.3. The Balaban J connectivity index is 2.30. The van der Waals surface area contributed by atoms with E-state index in [0.717, 1.165) is 11.1 Å². The van der Waals surface area contributed by atoms with Crippen LogP contribution in [0.15, 0.2) is 29.1 Å². The van der Waals surface area contributed by atoms with Crippen molar-refractivity contribution in [2.75, 3.05) is 12.8 Å². The number of aryl methyl sites for hydroxylation is 1. The SMILES string of the molecule is COc1ccc(C)cc1-c1cc(=O)n2c(N)n[nH]c2n1. The highest BCUT2D eigenvalue weighted by atomic mass is 16.5. The van der Waals surface area contributed by atoms with Gasteiger partial charge < -0.3 is 10.5 Å². The molecule has 0 bridgehead atoms. The van der Waals surface area contributed by atoms with Crippen LogP contribution < -0.4 is 16.0 Å². The highest BCUT2D eigenvalue weighted by Crippen LogP contribution is 2.28. The zero-order valence-electron chi connectivity index (χ0n) is 11.0. The molecule has 0 fully saturated rings. The normalized spacial score (nSPS) is 10.9. The Hall–Kier alpha value is -2.83. The minimum absolute atomic E-state index is 0.0836. The van der Waals surface area contributed by atoms with Gasteiger partial charge in [-0.3, -0.25) is 4.79 Å². The maximum Gasteiger partial charge on any atom is 0.262 e. The number of benzene rings is 1. The molecule has 2 aromatic heterocycles. The Bertz CT molecular complexity index is 850. The summed E-state index contributed by atoms with van der Waals surface area (Å²) in [5.74, 6) is 1.04. The lowest BCUT2D eigenvalue weighted by atomic mass is 10.1. The lowest BCUT2D eigenvalue weighted by Crippen LogP contribution is -2.15. The molecule has 0 radical (unpaired) electrons. The van der Waals surface area contributed by atoms with Gasteiger partial charge in [-0.05, 0) is 19.1 Å². The van der Waals surface area contributed by atoms with Crippen LogP contribution in [-0.2, 0) is 0 Å². The molecule has 3 rings (SSSR count). The smallest absolute Gasteiger partial charge is 0.262 e. The summed E-state index contributed by atoms with van der Waals surface area (Å²) in [4.78, 5) is 16.4. The fraction of sp³-hybridized carbons (Fsp3) is 0.154. The van der Waals surface area contributed by atoms with Gasteiger partial charge in [-0.25, -0.2) is 14.5 Å². The standard InChI is InChI=1S/C13H13N5O2/c1-7-3-4-10(20-2)8(5-7)9-6-11(19)18-12(14)16-17-13(18)15-9/h3-6H,1-2H3,(H2,14,16)(H,15,17). The van der Waals surface area contributed by atoms with Crippen LogP contribution in [0.3, 0.4) is 0 Å². The van der Waals surface area contributed by atoms with E-state index >= 15 is 0 Å². The first-order valence-electron chi connectivity index (χ1n) is 5.99. The van der Waals surface area contributed by atoms with Gasteiger partial charge in [-0.1, -0.05) is 11.6 Å². The number of fused-ring (bicyclic) bond motifs is 1. The van der Waals surface area contributed by atoms with Crippen molar-refractivity contribution >= 4 is 11.7 Å². The number of H-pyrrole nitrogens is 1. The number of nitrogens with zero attached hydrogens (tertiary/aromatic N) is 3. The fourth-order valence-corrected chi connectivity index (χ4v) is 2.10. The second kappa shape index (κ2) is 4.37. The highest BCUT2D eigenvalue weighted by molar-refractivity contribution is 5.69. The Morgan fingerprint density at radius 3 is 2.90 bits per heavy atom. The molecule has 0 unspecified atom stereocenters. The summed E-state index contributed by atoms with van der Waals surface area (Å²) in [5, 5.41) is 6.40. The molecule has 7 heteroatoms. The van der Waals surface area contributed by atoms with Crippen molar-refractivity contribution in [3.63, 3.8) is 0 Å². The summed E-state index contributed by atoms with van der Waals surface area (Å²) < 4.78 is 6.53. The van der Waals surface area contributed by atoms with Crippen molar-refractivity contribution in [3.05, 3.63) is 40.2 Å². The van der Waals surface area contributed by atoms with Crippen LogP contribution in [-0.4, -0.2) is 26.7 Å². The number of ether oxygens (including phenoxy) is 1. The average molecular weight is 271 g/mol. The van der Waals surface area contributed by atoms with Crippen molar-refractivity contribution in [1.29, 1.82) is 0 Å². The minimum atomic E-state index is -0.292. The number of anilines is 1. The van der Waals surface area contributed by atoms with Gasteiger partial charge in [0.05, 0.1) is 12.8 Å². The van der Waals surface area contributed by atoms with Gasteiger partial charge in [-0.15, -0.1) is 5.10 Å². The number of nitrogen functional groups attached to an aromatic ring is 1. The molecule has 0 aliphatic carbocycles. The number of hydrogen-bond donors (Lipinski definition) is 2. The minimum Gasteiger partial charge on any atom is -0.496 e. The predicted molar refractivity (Wildman–Crippen MR) is 74.7 cm³/mol. The van der Waals surface area contributed by atoms with E-state index in [-0.39, 0.29) is 11.5 Å². The highest BCUT2D eigenvalue weighted by Gasteiger charge is 2.12. The first-order chi connectivity index (χ1) is 9.60. The number of aromatic nitrogens is 4. The summed E-state index contributed by atoms with van der Waals surface area (Å²) in [7, 11) is 1.58. The lowest BCUT2D eigenvalue weighted by molar-refractivity contribution is 0.416. The quantitative estimate of drug-likeness (QED) is 0.724. The zero-order valence-corrected chi connectivity index (χ0v) is 11.0. The Kier molecular flexibility index (Phi) is 2.67. The third-order valence-electron chi connectivity index (χ3n) is 3.05. The van der Waals surface area contributed by atoms with Gasteiger partial charge in [0.1, 0.15) is 5.75 Å². The molecule has 0 amide bonds. The van der Waals surface area contributed by atoms with E-state index in [0.29, 0.717) is 17.2 Å². The second-order valence-electron chi connectivity index (χ2n) is 4.42.